The Balaban J connectivity index is 1.96. The van der Waals surface area contributed by atoms with E-state index >= 15 is 0 Å². The maximum Gasteiger partial charge on any atom is 0.339 e. The predicted octanol–water partition coefficient (Wildman–Crippen LogP) is 2.76. The zero-order valence-corrected chi connectivity index (χ0v) is 10.1. The summed E-state index contributed by atoms with van der Waals surface area (Å²) in [6.07, 6.45) is 3.96. The molecule has 0 bridgehead atoms. The fourth-order valence-corrected chi connectivity index (χ4v) is 2.18. The summed E-state index contributed by atoms with van der Waals surface area (Å²) in [5, 5.41) is 13.1. The van der Waals surface area contributed by atoms with Crippen LogP contribution in [0.1, 0.15) is 40.4 Å². The summed E-state index contributed by atoms with van der Waals surface area (Å²) in [5.74, 6) is -0.208. The van der Waals surface area contributed by atoms with Crippen LogP contribution in [0.2, 0.25) is 0 Å². The Morgan fingerprint density at radius 1 is 1.33 bits per heavy atom. The lowest BCUT2D eigenvalue weighted by Crippen LogP contribution is -2.02. The molecule has 3 rings (SSSR count). The zero-order chi connectivity index (χ0) is 12.7. The van der Waals surface area contributed by atoms with Gasteiger partial charge in [0.1, 0.15) is 5.56 Å². The molecule has 1 saturated carbocycles. The first-order chi connectivity index (χ1) is 8.66. The molecule has 0 spiro atoms. The van der Waals surface area contributed by atoms with E-state index in [1.807, 2.05) is 12.1 Å². The van der Waals surface area contributed by atoms with Crippen LogP contribution in [0.5, 0.6) is 0 Å². The molecule has 18 heavy (non-hydrogen) atoms. The molecular formula is C14H14N2O2. The molecule has 1 N–H and O–H groups in total. The Hall–Kier alpha value is -2.10. The van der Waals surface area contributed by atoms with Crippen LogP contribution in [0, 0.1) is 6.92 Å². The van der Waals surface area contributed by atoms with Gasteiger partial charge < -0.3 is 5.11 Å². The molecule has 1 aliphatic carbocycles. The highest BCUT2D eigenvalue weighted by atomic mass is 16.4. The first-order valence-electron chi connectivity index (χ1n) is 6.05. The molecule has 1 heterocycles. The minimum Gasteiger partial charge on any atom is -0.478 e. The smallest absolute Gasteiger partial charge is 0.339 e. The summed E-state index contributed by atoms with van der Waals surface area (Å²) < 4.78 is 1.67. The topological polar surface area (TPSA) is 55.1 Å². The second-order valence-corrected chi connectivity index (χ2v) is 4.73. The number of hydrogen-bond donors (Lipinski definition) is 1. The lowest BCUT2D eigenvalue weighted by atomic mass is 10.1. The standard InChI is InChI=1S/C14H14N2O2/c1-9-13(14(17)18)8-15-16(9)12-6-4-11(5-7-12)10-2-3-10/h4-8,10H,2-3H2,1H3,(H,17,18). The van der Waals surface area contributed by atoms with Crippen molar-refractivity contribution < 1.29 is 9.90 Å². The van der Waals surface area contributed by atoms with Crippen molar-refractivity contribution in [2.24, 2.45) is 0 Å². The average molecular weight is 242 g/mol. The number of aromatic carboxylic acids is 1. The van der Waals surface area contributed by atoms with Gasteiger partial charge in [-0.25, -0.2) is 9.48 Å². The van der Waals surface area contributed by atoms with Crippen molar-refractivity contribution in [1.82, 2.24) is 9.78 Å². The first-order valence-corrected chi connectivity index (χ1v) is 6.05. The number of carbonyl (C=O) groups is 1. The van der Waals surface area contributed by atoms with Gasteiger partial charge in [0.2, 0.25) is 0 Å². The SMILES string of the molecule is Cc1c(C(=O)O)cnn1-c1ccc(C2CC2)cc1. The van der Waals surface area contributed by atoms with Crippen molar-refractivity contribution in [2.75, 3.05) is 0 Å². The van der Waals surface area contributed by atoms with Crippen molar-refractivity contribution in [3.63, 3.8) is 0 Å². The molecule has 0 radical (unpaired) electrons. The number of benzene rings is 1. The second kappa shape index (κ2) is 3.98. The summed E-state index contributed by atoms with van der Waals surface area (Å²) in [4.78, 5) is 11.0. The molecule has 2 aromatic rings. The third-order valence-corrected chi connectivity index (χ3v) is 3.43. The van der Waals surface area contributed by atoms with E-state index in [-0.39, 0.29) is 5.56 Å². The van der Waals surface area contributed by atoms with Crippen molar-refractivity contribution in [3.8, 4) is 5.69 Å². The van der Waals surface area contributed by atoms with Gasteiger partial charge in [0.15, 0.2) is 0 Å². The molecule has 0 saturated heterocycles. The van der Waals surface area contributed by atoms with E-state index in [9.17, 15) is 4.79 Å². The van der Waals surface area contributed by atoms with Crippen molar-refractivity contribution in [2.45, 2.75) is 25.7 Å². The molecule has 0 atom stereocenters. The molecule has 1 fully saturated rings. The number of nitrogens with zero attached hydrogens (tertiary/aromatic N) is 2. The van der Waals surface area contributed by atoms with Gasteiger partial charge in [0, 0.05) is 0 Å². The molecule has 0 amide bonds. The van der Waals surface area contributed by atoms with Crippen LogP contribution in [-0.2, 0) is 0 Å². The number of hydrogen-bond acceptors (Lipinski definition) is 2. The van der Waals surface area contributed by atoms with Gasteiger partial charge in [-0.15, -0.1) is 0 Å². The molecule has 4 heteroatoms. The maximum atomic E-state index is 11.0. The average Bonchev–Trinajstić information content (AvgIpc) is 3.13. The summed E-state index contributed by atoms with van der Waals surface area (Å²) in [7, 11) is 0. The molecular weight excluding hydrogens is 228 g/mol. The number of aromatic nitrogens is 2. The molecule has 1 aliphatic rings. The number of carboxylic acids is 1. The number of rotatable bonds is 3. The van der Waals surface area contributed by atoms with Crippen LogP contribution in [0.25, 0.3) is 5.69 Å². The Kier molecular flexibility index (Phi) is 2.44. The van der Waals surface area contributed by atoms with Crippen LogP contribution >= 0.6 is 0 Å². The van der Waals surface area contributed by atoms with E-state index in [1.165, 1.54) is 24.6 Å². The Morgan fingerprint density at radius 3 is 2.50 bits per heavy atom. The van der Waals surface area contributed by atoms with Crippen LogP contribution in [-0.4, -0.2) is 20.9 Å². The Morgan fingerprint density at radius 2 is 2.00 bits per heavy atom. The highest BCUT2D eigenvalue weighted by molar-refractivity contribution is 5.88. The van der Waals surface area contributed by atoms with Crippen molar-refractivity contribution in [3.05, 3.63) is 47.3 Å². The van der Waals surface area contributed by atoms with Crippen LogP contribution in [0.15, 0.2) is 30.5 Å². The monoisotopic (exact) mass is 242 g/mol. The maximum absolute atomic E-state index is 11.0. The molecule has 1 aromatic carbocycles. The van der Waals surface area contributed by atoms with Gasteiger partial charge in [-0.3, -0.25) is 0 Å². The predicted molar refractivity (Wildman–Crippen MR) is 67.2 cm³/mol. The third-order valence-electron chi connectivity index (χ3n) is 3.43. The first kappa shape index (κ1) is 11.0. The fraction of sp³-hybridized carbons (Fsp3) is 0.286. The molecule has 0 aliphatic heterocycles. The minimum absolute atomic E-state index is 0.251. The van der Waals surface area contributed by atoms with Gasteiger partial charge >= 0.3 is 5.97 Å². The van der Waals surface area contributed by atoms with E-state index in [1.54, 1.807) is 11.6 Å². The summed E-state index contributed by atoms with van der Waals surface area (Å²) in [6, 6.07) is 8.21. The van der Waals surface area contributed by atoms with E-state index < -0.39 is 5.97 Å². The highest BCUT2D eigenvalue weighted by Crippen LogP contribution is 2.40. The normalized spacial score (nSPS) is 14.7. The molecule has 1 aromatic heterocycles. The fourth-order valence-electron chi connectivity index (χ4n) is 2.18. The Labute approximate surface area is 105 Å². The lowest BCUT2D eigenvalue weighted by molar-refractivity contribution is 0.0696. The summed E-state index contributed by atoms with van der Waals surface area (Å²) in [6.45, 7) is 1.77. The quantitative estimate of drug-likeness (QED) is 0.900. The molecule has 92 valence electrons. The van der Waals surface area contributed by atoms with E-state index in [0.29, 0.717) is 5.69 Å². The second-order valence-electron chi connectivity index (χ2n) is 4.73. The van der Waals surface area contributed by atoms with Gasteiger partial charge in [-0.05, 0) is 43.4 Å². The van der Waals surface area contributed by atoms with E-state index in [4.69, 9.17) is 5.11 Å². The van der Waals surface area contributed by atoms with Gasteiger partial charge in [0.25, 0.3) is 0 Å². The summed E-state index contributed by atoms with van der Waals surface area (Å²) >= 11 is 0. The van der Waals surface area contributed by atoms with Crippen LogP contribution in [0.3, 0.4) is 0 Å². The zero-order valence-electron chi connectivity index (χ0n) is 10.1. The lowest BCUT2D eigenvalue weighted by Gasteiger charge is -2.06. The van der Waals surface area contributed by atoms with Crippen LogP contribution in [0.4, 0.5) is 0 Å². The van der Waals surface area contributed by atoms with Gasteiger partial charge in [0.05, 0.1) is 17.6 Å². The van der Waals surface area contributed by atoms with Crippen LogP contribution < -0.4 is 0 Å². The summed E-state index contributed by atoms with van der Waals surface area (Å²) in [5.41, 5.74) is 3.18. The van der Waals surface area contributed by atoms with Gasteiger partial charge in [-0.2, -0.15) is 5.10 Å². The third kappa shape index (κ3) is 1.79. The Bertz CT molecular complexity index is 595. The minimum atomic E-state index is -0.937. The highest BCUT2D eigenvalue weighted by Gasteiger charge is 2.23. The number of carboxylic acid groups (broad SMARTS) is 1. The van der Waals surface area contributed by atoms with E-state index in [2.05, 4.69) is 17.2 Å². The van der Waals surface area contributed by atoms with Crippen molar-refractivity contribution >= 4 is 5.97 Å². The molecule has 4 nitrogen and oxygen atoms in total. The molecule has 0 unspecified atom stereocenters. The van der Waals surface area contributed by atoms with Crippen molar-refractivity contribution in [1.29, 1.82) is 0 Å². The van der Waals surface area contributed by atoms with E-state index in [0.717, 1.165) is 11.6 Å². The van der Waals surface area contributed by atoms with Gasteiger partial charge in [-0.1, -0.05) is 12.1 Å². The largest absolute Gasteiger partial charge is 0.478 e.